The molecule has 234 valence electrons. The number of benzene rings is 5. The lowest BCUT2D eigenvalue weighted by Gasteiger charge is -2.23. The zero-order chi connectivity index (χ0) is 32.5. The molecule has 5 aromatic carbocycles. The largest absolute Gasteiger partial charge is 0.372 e. The highest BCUT2D eigenvalue weighted by molar-refractivity contribution is 5.94. The average Bonchev–Trinajstić information content (AvgIpc) is 3.09. The van der Waals surface area contributed by atoms with Crippen LogP contribution in [0.3, 0.4) is 0 Å². The lowest BCUT2D eigenvalue weighted by atomic mass is 9.91. The van der Waals surface area contributed by atoms with Gasteiger partial charge in [0.05, 0.1) is 0 Å². The second-order valence-electron chi connectivity index (χ2n) is 11.9. The standard InChI is InChI=1S/C44H48N2/c1-7-45(8-2)39-25-27-41(33(5)29-39)43(37-17-13-11-14-18-37)31-35-21-23-36(24-22-35)32-44(38-19-15-12-16-20-38)42-28-26-40(30-34(42)6)46(9-3)10-4/h11-32H,7-10H2,1-6H3/b43-31-,44-32+. The third-order valence-corrected chi connectivity index (χ3v) is 8.99. The van der Waals surface area contributed by atoms with Crippen LogP contribution in [0.1, 0.15) is 72.2 Å². The van der Waals surface area contributed by atoms with E-state index in [-0.39, 0.29) is 0 Å². The van der Waals surface area contributed by atoms with Crippen LogP contribution < -0.4 is 9.80 Å². The first kappa shape index (κ1) is 32.6. The summed E-state index contributed by atoms with van der Waals surface area (Å²) in [5.41, 5.74) is 14.9. The van der Waals surface area contributed by atoms with Crippen LogP contribution in [0.2, 0.25) is 0 Å². The highest BCUT2D eigenvalue weighted by atomic mass is 15.1. The number of rotatable bonds is 12. The Bertz CT molecular complexity index is 1640. The number of hydrogen-bond donors (Lipinski definition) is 0. The maximum Gasteiger partial charge on any atom is 0.0369 e. The van der Waals surface area contributed by atoms with E-state index < -0.39 is 0 Å². The van der Waals surface area contributed by atoms with Crippen LogP contribution >= 0.6 is 0 Å². The van der Waals surface area contributed by atoms with Crippen LogP contribution in [0.4, 0.5) is 11.4 Å². The Balaban J connectivity index is 1.53. The van der Waals surface area contributed by atoms with E-state index in [1.54, 1.807) is 0 Å². The van der Waals surface area contributed by atoms with Gasteiger partial charge in [-0.1, -0.05) is 97.1 Å². The Labute approximate surface area is 277 Å². The predicted octanol–water partition coefficient (Wildman–Crippen LogP) is 11.2. The fourth-order valence-electron chi connectivity index (χ4n) is 6.36. The van der Waals surface area contributed by atoms with Gasteiger partial charge in [0, 0.05) is 37.6 Å². The maximum atomic E-state index is 2.40. The van der Waals surface area contributed by atoms with Crippen molar-refractivity contribution in [2.45, 2.75) is 41.5 Å². The van der Waals surface area contributed by atoms with Crippen molar-refractivity contribution in [1.82, 2.24) is 0 Å². The van der Waals surface area contributed by atoms with E-state index in [0.717, 1.165) is 26.2 Å². The van der Waals surface area contributed by atoms with Crippen molar-refractivity contribution in [2.24, 2.45) is 0 Å². The van der Waals surface area contributed by atoms with Gasteiger partial charge in [-0.25, -0.2) is 0 Å². The van der Waals surface area contributed by atoms with Crippen molar-refractivity contribution < 1.29 is 0 Å². The summed E-state index contributed by atoms with van der Waals surface area (Å²) in [5, 5.41) is 0. The summed E-state index contributed by atoms with van der Waals surface area (Å²) in [6.07, 6.45) is 4.66. The van der Waals surface area contributed by atoms with Crippen LogP contribution in [-0.4, -0.2) is 26.2 Å². The Hall–Kier alpha value is -4.82. The van der Waals surface area contributed by atoms with E-state index >= 15 is 0 Å². The molecule has 0 unspecified atom stereocenters. The SMILES string of the molecule is CCN(CC)c1ccc(/C(=C\c2ccc(/C=C(\c3ccccc3)c3ccc(N(CC)CC)cc3C)cc2)c2ccccc2)c(C)c1. The first-order valence-corrected chi connectivity index (χ1v) is 16.8. The van der Waals surface area contributed by atoms with E-state index in [1.807, 2.05) is 0 Å². The van der Waals surface area contributed by atoms with Gasteiger partial charge in [0.25, 0.3) is 0 Å². The number of hydrogen-bond acceptors (Lipinski definition) is 2. The van der Waals surface area contributed by atoms with Crippen LogP contribution in [0.5, 0.6) is 0 Å². The molecule has 0 aliphatic heterocycles. The van der Waals surface area contributed by atoms with Gasteiger partial charge in [0.15, 0.2) is 0 Å². The Morgan fingerprint density at radius 2 is 0.804 bits per heavy atom. The van der Waals surface area contributed by atoms with Gasteiger partial charge in [-0.2, -0.15) is 0 Å². The third kappa shape index (κ3) is 7.51. The highest BCUT2D eigenvalue weighted by Crippen LogP contribution is 2.33. The Morgan fingerprint density at radius 1 is 0.457 bits per heavy atom. The minimum atomic E-state index is 1.00. The molecule has 2 heteroatoms. The fourth-order valence-corrected chi connectivity index (χ4v) is 6.36. The summed E-state index contributed by atoms with van der Waals surface area (Å²) >= 11 is 0. The van der Waals surface area contributed by atoms with Gasteiger partial charge in [-0.05, 0) is 134 Å². The number of aryl methyl sites for hydroxylation is 2. The molecule has 0 aromatic heterocycles. The van der Waals surface area contributed by atoms with E-state index in [9.17, 15) is 0 Å². The van der Waals surface area contributed by atoms with Gasteiger partial charge < -0.3 is 9.80 Å². The van der Waals surface area contributed by atoms with Crippen LogP contribution in [0.25, 0.3) is 23.3 Å². The Kier molecular flexibility index (Phi) is 10.9. The van der Waals surface area contributed by atoms with Crippen molar-refractivity contribution in [2.75, 3.05) is 36.0 Å². The summed E-state index contributed by atoms with van der Waals surface area (Å²) in [5.74, 6) is 0. The maximum absolute atomic E-state index is 2.40. The molecule has 5 rings (SSSR count). The van der Waals surface area contributed by atoms with Crippen molar-refractivity contribution in [3.63, 3.8) is 0 Å². The molecular weight excluding hydrogens is 556 g/mol. The lowest BCUT2D eigenvalue weighted by molar-refractivity contribution is 0.865. The van der Waals surface area contributed by atoms with Crippen LogP contribution in [-0.2, 0) is 0 Å². The first-order chi connectivity index (χ1) is 22.4. The number of nitrogens with zero attached hydrogens (tertiary/aromatic N) is 2. The molecule has 0 fully saturated rings. The smallest absolute Gasteiger partial charge is 0.0369 e. The zero-order valence-electron chi connectivity index (χ0n) is 28.4. The molecule has 0 heterocycles. The average molecular weight is 605 g/mol. The Morgan fingerprint density at radius 3 is 1.11 bits per heavy atom. The van der Waals surface area contributed by atoms with Crippen molar-refractivity contribution >= 4 is 34.7 Å². The molecule has 0 aliphatic rings. The molecule has 0 aliphatic carbocycles. The zero-order valence-corrected chi connectivity index (χ0v) is 28.4. The molecule has 0 saturated heterocycles. The van der Waals surface area contributed by atoms with Gasteiger partial charge in [0.1, 0.15) is 0 Å². The topological polar surface area (TPSA) is 6.48 Å². The molecule has 0 radical (unpaired) electrons. The monoisotopic (exact) mass is 604 g/mol. The molecule has 0 spiro atoms. The molecule has 0 N–H and O–H groups in total. The summed E-state index contributed by atoms with van der Waals surface area (Å²) in [4.78, 5) is 4.80. The second-order valence-corrected chi connectivity index (χ2v) is 11.9. The minimum absolute atomic E-state index is 1.00. The van der Waals surface area contributed by atoms with Gasteiger partial charge >= 0.3 is 0 Å². The van der Waals surface area contributed by atoms with E-state index in [2.05, 4.69) is 185 Å². The van der Waals surface area contributed by atoms with Gasteiger partial charge in [-0.3, -0.25) is 0 Å². The lowest BCUT2D eigenvalue weighted by Crippen LogP contribution is -2.21. The first-order valence-electron chi connectivity index (χ1n) is 16.8. The second kappa shape index (κ2) is 15.5. The molecule has 5 aromatic rings. The molecule has 0 atom stereocenters. The summed E-state index contributed by atoms with van der Waals surface area (Å²) in [6.45, 7) is 17.3. The molecule has 46 heavy (non-hydrogen) atoms. The van der Waals surface area contributed by atoms with E-state index in [0.29, 0.717) is 0 Å². The summed E-state index contributed by atoms with van der Waals surface area (Å²) in [6, 6.07) is 44.2. The third-order valence-electron chi connectivity index (χ3n) is 8.99. The quantitative estimate of drug-likeness (QED) is 0.131. The summed E-state index contributed by atoms with van der Waals surface area (Å²) in [7, 11) is 0. The molecule has 0 amide bonds. The van der Waals surface area contributed by atoms with Crippen LogP contribution in [0.15, 0.2) is 121 Å². The normalized spacial score (nSPS) is 11.9. The highest BCUT2D eigenvalue weighted by Gasteiger charge is 2.13. The summed E-state index contributed by atoms with van der Waals surface area (Å²) < 4.78 is 0. The number of anilines is 2. The van der Waals surface area contributed by atoms with Crippen molar-refractivity contribution in [1.29, 1.82) is 0 Å². The molecular formula is C44H48N2. The fraction of sp³-hybridized carbons (Fsp3) is 0.227. The van der Waals surface area contributed by atoms with E-state index in [1.165, 1.54) is 67.0 Å². The minimum Gasteiger partial charge on any atom is -0.372 e. The molecule has 2 nitrogen and oxygen atoms in total. The van der Waals surface area contributed by atoms with Gasteiger partial charge in [-0.15, -0.1) is 0 Å². The van der Waals surface area contributed by atoms with Crippen molar-refractivity contribution in [3.05, 3.63) is 166 Å². The molecule has 0 saturated carbocycles. The predicted molar refractivity (Wildman–Crippen MR) is 203 cm³/mol. The van der Waals surface area contributed by atoms with Gasteiger partial charge in [0.2, 0.25) is 0 Å². The molecule has 0 bridgehead atoms. The van der Waals surface area contributed by atoms with E-state index in [4.69, 9.17) is 0 Å². The van der Waals surface area contributed by atoms with Crippen LogP contribution in [0, 0.1) is 13.8 Å². The van der Waals surface area contributed by atoms with Crippen molar-refractivity contribution in [3.8, 4) is 0 Å².